The molecule has 7 aromatic rings. The predicted molar refractivity (Wildman–Crippen MR) is 208 cm³/mol. The maximum atomic E-state index is 2.27. The van der Waals surface area contributed by atoms with Crippen molar-refractivity contribution in [3.8, 4) is 0 Å². The summed E-state index contributed by atoms with van der Waals surface area (Å²) in [5.74, 6) is 1.20. The summed E-state index contributed by atoms with van der Waals surface area (Å²) in [7, 11) is 0. The van der Waals surface area contributed by atoms with Gasteiger partial charge in [0.2, 0.25) is 0 Å². The van der Waals surface area contributed by atoms with Crippen molar-refractivity contribution in [2.24, 2.45) is 0 Å². The van der Waals surface area contributed by atoms with Crippen molar-refractivity contribution >= 4 is 33.4 Å². The van der Waals surface area contributed by atoms with E-state index < -0.39 is 0 Å². The molecule has 1 aliphatic carbocycles. The predicted octanol–water partition coefficient (Wildman–Crippen LogP) is 12.5. The zero-order valence-electron chi connectivity index (χ0n) is 27.2. The van der Waals surface area contributed by atoms with Crippen molar-refractivity contribution in [1.82, 2.24) is 0 Å². The van der Waals surface area contributed by atoms with E-state index in [1.54, 1.807) is 0 Å². The lowest BCUT2D eigenvalue weighted by molar-refractivity contribution is 1.36. The summed E-state index contributed by atoms with van der Waals surface area (Å²) in [5, 5.41) is 0. The summed E-state index contributed by atoms with van der Waals surface area (Å²) < 4.78 is 0. The highest BCUT2D eigenvalue weighted by Gasteiger charge is 2.37. The molecule has 8 rings (SSSR count). The lowest BCUT2D eigenvalue weighted by atomic mass is 9.74. The first-order valence-electron chi connectivity index (χ1n) is 16.9. The van der Waals surface area contributed by atoms with E-state index in [0.29, 0.717) is 0 Å². The molecule has 0 nitrogen and oxygen atoms in total. The van der Waals surface area contributed by atoms with Crippen LogP contribution in [-0.4, -0.2) is 0 Å². The van der Waals surface area contributed by atoms with E-state index in [2.05, 4.69) is 212 Å². The molecule has 0 spiro atoms. The van der Waals surface area contributed by atoms with Crippen LogP contribution in [0, 0.1) is 5.92 Å². The number of rotatable bonds is 7. The summed E-state index contributed by atoms with van der Waals surface area (Å²) >= 11 is 0. The third-order valence-electron chi connectivity index (χ3n) is 9.19. The molecule has 231 valence electrons. The van der Waals surface area contributed by atoms with E-state index in [9.17, 15) is 0 Å². The Morgan fingerprint density at radius 2 is 0.306 bits per heavy atom. The third kappa shape index (κ3) is 5.90. The van der Waals surface area contributed by atoms with E-state index in [1.165, 1.54) is 78.3 Å². The molecular weight excluding hydrogens is 589 g/mol. The summed E-state index contributed by atoms with van der Waals surface area (Å²) in [6.45, 7) is 0. The van der Waals surface area contributed by atoms with E-state index >= 15 is 0 Å². The summed E-state index contributed by atoms with van der Waals surface area (Å²) in [5.41, 5.74) is 15.4. The Labute approximate surface area is 289 Å². The van der Waals surface area contributed by atoms with Crippen molar-refractivity contribution in [2.45, 2.75) is 0 Å². The summed E-state index contributed by atoms with van der Waals surface area (Å²) in [4.78, 5) is 0. The van der Waals surface area contributed by atoms with Crippen LogP contribution in [0.3, 0.4) is 0 Å². The maximum absolute atomic E-state index is 2.27. The Morgan fingerprint density at radius 1 is 0.143 bits per heavy atom. The van der Waals surface area contributed by atoms with Gasteiger partial charge in [-0.05, 0) is 72.4 Å². The maximum Gasteiger partial charge on any atom is 0.0654 e. The van der Waals surface area contributed by atoms with Crippen molar-refractivity contribution < 1.29 is 0 Å². The van der Waals surface area contributed by atoms with Crippen LogP contribution in [-0.2, 0) is 0 Å². The molecule has 1 aliphatic rings. The quantitative estimate of drug-likeness (QED) is 0.166. The van der Waals surface area contributed by atoms with Crippen LogP contribution in [0.4, 0.5) is 0 Å². The first kappa shape index (κ1) is 30.1. The van der Waals surface area contributed by atoms with E-state index in [0.717, 1.165) is 0 Å². The smallest absolute Gasteiger partial charge is 0.0622 e. The van der Waals surface area contributed by atoms with Gasteiger partial charge in [-0.25, -0.2) is 0 Å². The van der Waals surface area contributed by atoms with Crippen LogP contribution in [0.2, 0.25) is 0 Å². The Morgan fingerprint density at radius 3 is 0.531 bits per heavy atom. The minimum atomic E-state index is 1.17. The standard InChI is InChI=1S/C49H35/c1-8-22-36(23-9-1)43-44(37-24-10-2-11-25-37)46(39-28-14-4-15-29-39)48(41-32-18-6-19-33-41)49(42-34-20-7-21-35-42)47(40-30-16-5-17-31-40)45(43)38-26-12-3-13-27-38/h1-35H. The first-order valence-corrected chi connectivity index (χ1v) is 16.9. The zero-order valence-corrected chi connectivity index (χ0v) is 27.2. The van der Waals surface area contributed by atoms with Gasteiger partial charge in [-0.15, -0.1) is 0 Å². The Kier molecular flexibility index (Phi) is 8.52. The molecule has 0 bridgehead atoms. The number of hydrogen-bond acceptors (Lipinski definition) is 0. The fourth-order valence-corrected chi connectivity index (χ4v) is 7.13. The number of allylic oxidation sites excluding steroid dienone is 6. The molecule has 0 atom stereocenters. The highest BCUT2D eigenvalue weighted by Crippen LogP contribution is 2.58. The van der Waals surface area contributed by atoms with Crippen LogP contribution in [0.15, 0.2) is 212 Å². The van der Waals surface area contributed by atoms with Gasteiger partial charge in [0.1, 0.15) is 0 Å². The molecule has 0 fully saturated rings. The average Bonchev–Trinajstić information content (AvgIpc) is 3.34. The van der Waals surface area contributed by atoms with Crippen LogP contribution in [0.25, 0.3) is 33.4 Å². The third-order valence-corrected chi connectivity index (χ3v) is 9.19. The van der Waals surface area contributed by atoms with Gasteiger partial charge in [-0.2, -0.15) is 0 Å². The van der Waals surface area contributed by atoms with E-state index in [4.69, 9.17) is 0 Å². The Bertz CT molecular complexity index is 2100. The number of hydrogen-bond donors (Lipinski definition) is 0. The molecule has 0 saturated heterocycles. The van der Waals surface area contributed by atoms with Crippen LogP contribution in [0.1, 0.15) is 38.9 Å². The highest BCUT2D eigenvalue weighted by molar-refractivity contribution is 6.38. The molecule has 0 unspecified atom stereocenters. The molecule has 0 N–H and O–H groups in total. The minimum Gasteiger partial charge on any atom is -0.0622 e. The topological polar surface area (TPSA) is 0 Å². The van der Waals surface area contributed by atoms with Crippen molar-refractivity contribution in [3.63, 3.8) is 0 Å². The monoisotopic (exact) mass is 623 g/mol. The van der Waals surface area contributed by atoms with Gasteiger partial charge < -0.3 is 0 Å². The van der Waals surface area contributed by atoms with Gasteiger partial charge in [-0.1, -0.05) is 212 Å². The largest absolute Gasteiger partial charge is 0.0654 e. The molecule has 0 aliphatic heterocycles. The molecule has 49 heavy (non-hydrogen) atoms. The molecule has 0 heteroatoms. The molecular formula is C49H35. The second-order valence-corrected chi connectivity index (χ2v) is 12.2. The SMILES string of the molecule is c1ccc([C]2C(c3ccccc3)=C(c3ccccc3)C(c3ccccc3)=C(c3ccccc3)C(c3ccccc3)=C2c2ccccc2)cc1. The highest BCUT2D eigenvalue weighted by atomic mass is 14.4. The zero-order chi connectivity index (χ0) is 32.8. The Balaban J connectivity index is 1.70. The molecule has 0 heterocycles. The minimum absolute atomic E-state index is 1.17. The van der Waals surface area contributed by atoms with Gasteiger partial charge >= 0.3 is 0 Å². The van der Waals surface area contributed by atoms with Crippen LogP contribution >= 0.6 is 0 Å². The summed E-state index contributed by atoms with van der Waals surface area (Å²) in [6.07, 6.45) is 0. The molecule has 7 aromatic carbocycles. The lowest BCUT2D eigenvalue weighted by Gasteiger charge is -2.28. The first-order chi connectivity index (χ1) is 24.4. The number of benzene rings is 7. The van der Waals surface area contributed by atoms with Crippen molar-refractivity contribution in [3.05, 3.63) is 257 Å². The van der Waals surface area contributed by atoms with Crippen LogP contribution in [0.5, 0.6) is 0 Å². The van der Waals surface area contributed by atoms with E-state index in [-0.39, 0.29) is 0 Å². The lowest BCUT2D eigenvalue weighted by Crippen LogP contribution is -2.10. The van der Waals surface area contributed by atoms with Gasteiger partial charge in [0.25, 0.3) is 0 Å². The molecule has 0 aromatic heterocycles. The van der Waals surface area contributed by atoms with Gasteiger partial charge in [0.05, 0.1) is 5.92 Å². The van der Waals surface area contributed by atoms with E-state index in [1.807, 2.05) is 0 Å². The second kappa shape index (κ2) is 13.9. The fourth-order valence-electron chi connectivity index (χ4n) is 7.13. The van der Waals surface area contributed by atoms with Gasteiger partial charge in [-0.3, -0.25) is 0 Å². The fraction of sp³-hybridized carbons (Fsp3) is 0. The second-order valence-electron chi connectivity index (χ2n) is 12.2. The van der Waals surface area contributed by atoms with Crippen molar-refractivity contribution in [2.75, 3.05) is 0 Å². The van der Waals surface area contributed by atoms with Crippen molar-refractivity contribution in [1.29, 1.82) is 0 Å². The molecule has 1 radical (unpaired) electrons. The average molecular weight is 624 g/mol. The van der Waals surface area contributed by atoms with Crippen LogP contribution < -0.4 is 0 Å². The van der Waals surface area contributed by atoms with Gasteiger partial charge in [0, 0.05) is 0 Å². The van der Waals surface area contributed by atoms with Gasteiger partial charge in [0.15, 0.2) is 0 Å². The Hall–Kier alpha value is -6.24. The summed E-state index contributed by atoms with van der Waals surface area (Å²) in [6, 6.07) is 76.7. The normalized spacial score (nSPS) is 13.8. The molecule has 0 amide bonds. The molecule has 0 saturated carbocycles.